The Morgan fingerprint density at radius 2 is 2.33 bits per heavy atom. The van der Waals surface area contributed by atoms with Gasteiger partial charge in [0.05, 0.1) is 25.5 Å². The molecule has 0 bridgehead atoms. The van der Waals surface area contributed by atoms with E-state index in [4.69, 9.17) is 14.9 Å². The van der Waals surface area contributed by atoms with Gasteiger partial charge in [0, 0.05) is 19.2 Å². The van der Waals surface area contributed by atoms with Crippen LogP contribution in [0.15, 0.2) is 18.2 Å². The molecule has 3 N–H and O–H groups in total. The molecule has 0 aliphatic carbocycles. The van der Waals surface area contributed by atoms with E-state index >= 15 is 0 Å². The third-order valence-corrected chi connectivity index (χ3v) is 1.89. The average Bonchev–Trinajstić information content (AvgIpc) is 2.29. The Labute approximate surface area is 88.7 Å². The quantitative estimate of drug-likeness (QED) is 0.594. The first-order valence-electron chi connectivity index (χ1n) is 4.76. The summed E-state index contributed by atoms with van der Waals surface area (Å²) in [5, 5.41) is 20.6. The number of aromatic nitrogens is 1. The van der Waals surface area contributed by atoms with Crippen LogP contribution in [0.2, 0.25) is 0 Å². The maximum absolute atomic E-state index is 9.08. The van der Waals surface area contributed by atoms with Gasteiger partial charge in [0.2, 0.25) is 5.88 Å². The largest absolute Gasteiger partial charge is 0.481 e. The number of aliphatic hydroxyl groups is 2. The number of methoxy groups -OCH3 is 1. The lowest BCUT2D eigenvalue weighted by atomic mass is 10.3. The molecule has 0 aliphatic heterocycles. The van der Waals surface area contributed by atoms with Gasteiger partial charge in [0.15, 0.2) is 0 Å². The van der Waals surface area contributed by atoms with E-state index in [1.54, 1.807) is 13.2 Å². The molecular weight excluding hydrogens is 196 g/mol. The highest BCUT2D eigenvalue weighted by atomic mass is 16.5. The minimum absolute atomic E-state index is 0.238. The minimum atomic E-state index is -0.726. The van der Waals surface area contributed by atoms with Gasteiger partial charge in [0.25, 0.3) is 0 Å². The standard InChI is InChI=1S/C10H16N2O3/c1-15-10-4-2-3-8(12-10)5-11-6-9(14)7-13/h2-4,9,11,13-14H,5-7H2,1H3. The fraction of sp³-hybridized carbons (Fsp3) is 0.500. The number of nitrogens with zero attached hydrogens (tertiary/aromatic N) is 1. The number of aliphatic hydroxyl groups excluding tert-OH is 2. The number of hydrogen-bond acceptors (Lipinski definition) is 5. The molecule has 0 saturated carbocycles. The minimum Gasteiger partial charge on any atom is -0.481 e. The maximum Gasteiger partial charge on any atom is 0.213 e. The zero-order valence-corrected chi connectivity index (χ0v) is 8.68. The summed E-state index contributed by atoms with van der Waals surface area (Å²) < 4.78 is 4.98. The van der Waals surface area contributed by atoms with Crippen molar-refractivity contribution in [3.05, 3.63) is 23.9 Å². The van der Waals surface area contributed by atoms with E-state index in [1.807, 2.05) is 12.1 Å². The van der Waals surface area contributed by atoms with Crippen LogP contribution in [0, 0.1) is 0 Å². The number of rotatable bonds is 6. The van der Waals surface area contributed by atoms with Crippen LogP contribution in [0.25, 0.3) is 0 Å². The summed E-state index contributed by atoms with van der Waals surface area (Å²) in [6.07, 6.45) is -0.726. The van der Waals surface area contributed by atoms with Gasteiger partial charge >= 0.3 is 0 Å². The van der Waals surface area contributed by atoms with Crippen molar-refractivity contribution in [2.75, 3.05) is 20.3 Å². The number of nitrogens with one attached hydrogen (secondary N) is 1. The van der Waals surface area contributed by atoms with Gasteiger partial charge in [-0.05, 0) is 6.07 Å². The van der Waals surface area contributed by atoms with Gasteiger partial charge in [-0.2, -0.15) is 0 Å². The highest BCUT2D eigenvalue weighted by molar-refractivity contribution is 5.15. The summed E-state index contributed by atoms with van der Waals surface area (Å²) in [4.78, 5) is 4.19. The van der Waals surface area contributed by atoms with Crippen molar-refractivity contribution in [2.24, 2.45) is 0 Å². The lowest BCUT2D eigenvalue weighted by molar-refractivity contribution is 0.0941. The van der Waals surface area contributed by atoms with Crippen molar-refractivity contribution in [2.45, 2.75) is 12.6 Å². The summed E-state index contributed by atoms with van der Waals surface area (Å²) >= 11 is 0. The smallest absolute Gasteiger partial charge is 0.213 e. The van der Waals surface area contributed by atoms with Crippen LogP contribution >= 0.6 is 0 Å². The van der Waals surface area contributed by atoms with Crippen molar-refractivity contribution in [3.8, 4) is 5.88 Å². The lowest BCUT2D eigenvalue weighted by Crippen LogP contribution is -2.29. The molecule has 1 atom stereocenters. The van der Waals surface area contributed by atoms with Crippen LogP contribution < -0.4 is 10.1 Å². The molecule has 5 nitrogen and oxygen atoms in total. The number of pyridine rings is 1. The van der Waals surface area contributed by atoms with Crippen LogP contribution in [-0.4, -0.2) is 41.6 Å². The molecule has 0 aliphatic rings. The molecule has 1 aromatic heterocycles. The Morgan fingerprint density at radius 1 is 1.53 bits per heavy atom. The predicted molar refractivity (Wildman–Crippen MR) is 55.6 cm³/mol. The monoisotopic (exact) mass is 212 g/mol. The number of hydrogen-bond donors (Lipinski definition) is 3. The van der Waals surface area contributed by atoms with Gasteiger partial charge in [0.1, 0.15) is 0 Å². The summed E-state index contributed by atoms with van der Waals surface area (Å²) in [7, 11) is 1.56. The van der Waals surface area contributed by atoms with Crippen LogP contribution in [-0.2, 0) is 6.54 Å². The predicted octanol–water partition coefficient (Wildman–Crippen LogP) is -0.467. The fourth-order valence-electron chi connectivity index (χ4n) is 1.10. The van der Waals surface area contributed by atoms with Crippen molar-refractivity contribution in [1.82, 2.24) is 10.3 Å². The SMILES string of the molecule is COc1cccc(CNCC(O)CO)n1. The van der Waals surface area contributed by atoms with Gasteiger partial charge in [-0.1, -0.05) is 6.07 Å². The summed E-state index contributed by atoms with van der Waals surface area (Å²) in [6, 6.07) is 5.48. The van der Waals surface area contributed by atoms with Crippen LogP contribution in [0.5, 0.6) is 5.88 Å². The zero-order chi connectivity index (χ0) is 11.1. The molecule has 15 heavy (non-hydrogen) atoms. The molecule has 0 fully saturated rings. The van der Waals surface area contributed by atoms with Crippen molar-refractivity contribution < 1.29 is 14.9 Å². The van der Waals surface area contributed by atoms with Gasteiger partial charge in [-0.3, -0.25) is 0 Å². The van der Waals surface area contributed by atoms with Gasteiger partial charge in [-0.25, -0.2) is 4.98 Å². The maximum atomic E-state index is 9.08. The molecule has 0 saturated heterocycles. The molecule has 0 spiro atoms. The topological polar surface area (TPSA) is 74.6 Å². The second kappa shape index (κ2) is 6.34. The molecule has 84 valence electrons. The van der Waals surface area contributed by atoms with Crippen molar-refractivity contribution in [3.63, 3.8) is 0 Å². The first-order valence-corrected chi connectivity index (χ1v) is 4.76. The number of ether oxygens (including phenoxy) is 1. The van der Waals surface area contributed by atoms with Gasteiger partial charge in [-0.15, -0.1) is 0 Å². The average molecular weight is 212 g/mol. The summed E-state index contributed by atoms with van der Waals surface area (Å²) in [6.45, 7) is 0.641. The third-order valence-electron chi connectivity index (χ3n) is 1.89. The Bertz CT molecular complexity index is 294. The van der Waals surface area contributed by atoms with Crippen molar-refractivity contribution >= 4 is 0 Å². The van der Waals surface area contributed by atoms with E-state index in [9.17, 15) is 0 Å². The van der Waals surface area contributed by atoms with Crippen molar-refractivity contribution in [1.29, 1.82) is 0 Å². The molecule has 1 unspecified atom stereocenters. The van der Waals surface area contributed by atoms with E-state index in [-0.39, 0.29) is 6.61 Å². The summed E-state index contributed by atoms with van der Waals surface area (Å²) in [5.41, 5.74) is 0.833. The zero-order valence-electron chi connectivity index (χ0n) is 8.68. The van der Waals surface area contributed by atoms with E-state index < -0.39 is 6.10 Å². The highest BCUT2D eigenvalue weighted by Gasteiger charge is 2.01. The molecule has 5 heteroatoms. The van der Waals surface area contributed by atoms with Crippen LogP contribution in [0.1, 0.15) is 5.69 Å². The lowest BCUT2D eigenvalue weighted by Gasteiger charge is -2.08. The third kappa shape index (κ3) is 4.24. The molecule has 1 rings (SSSR count). The molecule has 1 heterocycles. The Balaban J connectivity index is 2.37. The second-order valence-corrected chi connectivity index (χ2v) is 3.14. The molecule has 1 aromatic rings. The first kappa shape index (κ1) is 11.9. The highest BCUT2D eigenvalue weighted by Crippen LogP contribution is 2.05. The van der Waals surface area contributed by atoms with E-state index in [0.717, 1.165) is 5.69 Å². The van der Waals surface area contributed by atoms with E-state index in [0.29, 0.717) is 19.0 Å². The molecular formula is C10H16N2O3. The summed E-state index contributed by atoms with van der Waals surface area (Å²) in [5.74, 6) is 0.567. The van der Waals surface area contributed by atoms with Gasteiger partial charge < -0.3 is 20.3 Å². The Morgan fingerprint density at radius 3 is 3.00 bits per heavy atom. The molecule has 0 amide bonds. The Kier molecular flexibility index (Phi) is 5.03. The van der Waals surface area contributed by atoms with Crippen LogP contribution in [0.3, 0.4) is 0 Å². The fourth-order valence-corrected chi connectivity index (χ4v) is 1.10. The van der Waals surface area contributed by atoms with E-state index in [1.165, 1.54) is 0 Å². The molecule has 0 aromatic carbocycles. The van der Waals surface area contributed by atoms with E-state index in [2.05, 4.69) is 10.3 Å². The second-order valence-electron chi connectivity index (χ2n) is 3.14. The Hall–Kier alpha value is -1.17. The normalized spacial score (nSPS) is 12.5. The van der Waals surface area contributed by atoms with Crippen LogP contribution in [0.4, 0.5) is 0 Å². The molecule has 0 radical (unpaired) electrons. The first-order chi connectivity index (χ1) is 7.26.